The number of aromatic carboxylic acids is 1. The Hall–Kier alpha value is -2.50. The minimum atomic E-state index is -1.17. The zero-order valence-corrected chi connectivity index (χ0v) is 10.4. The van der Waals surface area contributed by atoms with Crippen LogP contribution in [0.4, 0.5) is 10.2 Å². The van der Waals surface area contributed by atoms with Crippen molar-refractivity contribution in [3.63, 3.8) is 0 Å². The number of nitrogens with two attached hydrogens (primary N) is 1. The average Bonchev–Trinajstić information content (AvgIpc) is 2.31. The summed E-state index contributed by atoms with van der Waals surface area (Å²) < 4.78 is 13.2. The highest BCUT2D eigenvalue weighted by atomic mass is 19.1. The molecule has 0 aliphatic heterocycles. The van der Waals surface area contributed by atoms with Gasteiger partial charge in [-0.3, -0.25) is 0 Å². The molecule has 2 rings (SSSR count). The Labute approximate surface area is 108 Å². The zero-order chi connectivity index (χ0) is 14.2. The van der Waals surface area contributed by atoms with E-state index in [2.05, 4.69) is 9.97 Å². The Morgan fingerprint density at radius 1 is 1.32 bits per heavy atom. The lowest BCUT2D eigenvalue weighted by Crippen LogP contribution is -2.10. The number of aromatic nitrogens is 2. The highest BCUT2D eigenvalue weighted by Gasteiger charge is 2.16. The quantitative estimate of drug-likeness (QED) is 0.864. The van der Waals surface area contributed by atoms with E-state index < -0.39 is 5.97 Å². The van der Waals surface area contributed by atoms with Crippen LogP contribution in [-0.4, -0.2) is 21.0 Å². The van der Waals surface area contributed by atoms with Crippen LogP contribution in [0.3, 0.4) is 0 Å². The lowest BCUT2D eigenvalue weighted by molar-refractivity contribution is 0.0696. The van der Waals surface area contributed by atoms with Crippen LogP contribution < -0.4 is 5.73 Å². The summed E-state index contributed by atoms with van der Waals surface area (Å²) in [6.07, 6.45) is 0. The Bertz CT molecular complexity index is 648. The number of benzene rings is 1. The number of anilines is 1. The second-order valence-electron chi connectivity index (χ2n) is 4.16. The van der Waals surface area contributed by atoms with Gasteiger partial charge in [0, 0.05) is 5.56 Å². The van der Waals surface area contributed by atoms with Gasteiger partial charge < -0.3 is 10.8 Å². The number of nitrogen functional groups attached to an aromatic ring is 1. The summed E-state index contributed by atoms with van der Waals surface area (Å²) in [5.41, 5.74) is 6.84. The molecule has 98 valence electrons. The van der Waals surface area contributed by atoms with Crippen LogP contribution in [0.1, 0.15) is 21.6 Å². The second-order valence-corrected chi connectivity index (χ2v) is 4.16. The molecule has 0 saturated carbocycles. The summed E-state index contributed by atoms with van der Waals surface area (Å²) in [5.74, 6) is -1.31. The zero-order valence-electron chi connectivity index (χ0n) is 10.4. The fourth-order valence-electron chi connectivity index (χ4n) is 1.77. The third kappa shape index (κ3) is 2.37. The van der Waals surface area contributed by atoms with Crippen LogP contribution in [0, 0.1) is 19.7 Å². The molecule has 1 aromatic heterocycles. The molecule has 19 heavy (non-hydrogen) atoms. The van der Waals surface area contributed by atoms with Gasteiger partial charge in [-0.1, -0.05) is 0 Å². The summed E-state index contributed by atoms with van der Waals surface area (Å²) in [4.78, 5) is 19.0. The number of hydrogen-bond acceptors (Lipinski definition) is 4. The molecular weight excluding hydrogens is 249 g/mol. The summed E-state index contributed by atoms with van der Waals surface area (Å²) in [7, 11) is 0. The van der Waals surface area contributed by atoms with Crippen molar-refractivity contribution in [2.45, 2.75) is 13.8 Å². The van der Waals surface area contributed by atoms with Gasteiger partial charge in [0.15, 0.2) is 5.82 Å². The van der Waals surface area contributed by atoms with Crippen molar-refractivity contribution in [3.8, 4) is 11.4 Å². The molecule has 0 aliphatic rings. The molecule has 0 radical (unpaired) electrons. The predicted molar refractivity (Wildman–Crippen MR) is 68.3 cm³/mol. The van der Waals surface area contributed by atoms with Crippen molar-refractivity contribution in [3.05, 3.63) is 40.8 Å². The third-order valence-corrected chi connectivity index (χ3v) is 2.75. The topological polar surface area (TPSA) is 89.1 Å². The minimum Gasteiger partial charge on any atom is -0.477 e. The summed E-state index contributed by atoms with van der Waals surface area (Å²) in [5, 5.41) is 8.98. The number of rotatable bonds is 2. The van der Waals surface area contributed by atoms with Crippen molar-refractivity contribution >= 4 is 11.8 Å². The first-order chi connectivity index (χ1) is 8.90. The van der Waals surface area contributed by atoms with Gasteiger partial charge in [-0.2, -0.15) is 0 Å². The SMILES string of the molecule is Cc1cc(-c2nc(C)c(C(=O)O)c(N)n2)ccc1F. The van der Waals surface area contributed by atoms with Gasteiger partial charge in [-0.25, -0.2) is 19.2 Å². The van der Waals surface area contributed by atoms with Gasteiger partial charge in [-0.15, -0.1) is 0 Å². The number of carboxylic acids is 1. The fourth-order valence-corrected chi connectivity index (χ4v) is 1.77. The van der Waals surface area contributed by atoms with Crippen molar-refractivity contribution in [1.29, 1.82) is 0 Å². The van der Waals surface area contributed by atoms with E-state index in [-0.39, 0.29) is 28.7 Å². The molecule has 0 atom stereocenters. The molecule has 2 aromatic rings. The van der Waals surface area contributed by atoms with Gasteiger partial charge in [0.05, 0.1) is 5.69 Å². The Morgan fingerprint density at radius 3 is 2.53 bits per heavy atom. The van der Waals surface area contributed by atoms with Crippen LogP contribution in [0.2, 0.25) is 0 Å². The van der Waals surface area contributed by atoms with E-state index in [1.807, 2.05) is 0 Å². The average molecular weight is 261 g/mol. The molecule has 5 nitrogen and oxygen atoms in total. The maximum atomic E-state index is 13.2. The highest BCUT2D eigenvalue weighted by molar-refractivity contribution is 5.94. The van der Waals surface area contributed by atoms with Crippen LogP contribution in [0.5, 0.6) is 0 Å². The molecule has 1 heterocycles. The minimum absolute atomic E-state index is 0.100. The van der Waals surface area contributed by atoms with Crippen LogP contribution >= 0.6 is 0 Å². The van der Waals surface area contributed by atoms with Crippen molar-refractivity contribution in [2.75, 3.05) is 5.73 Å². The lowest BCUT2D eigenvalue weighted by atomic mass is 10.1. The Morgan fingerprint density at radius 2 is 2.00 bits per heavy atom. The van der Waals surface area contributed by atoms with Crippen molar-refractivity contribution < 1.29 is 14.3 Å². The number of carbonyl (C=O) groups is 1. The first kappa shape index (κ1) is 12.9. The van der Waals surface area contributed by atoms with Crippen molar-refractivity contribution in [2.24, 2.45) is 0 Å². The van der Waals surface area contributed by atoms with E-state index in [0.717, 1.165) is 0 Å². The second kappa shape index (κ2) is 4.64. The molecule has 0 aliphatic carbocycles. The van der Waals surface area contributed by atoms with Gasteiger partial charge >= 0.3 is 5.97 Å². The molecule has 6 heteroatoms. The fraction of sp³-hybridized carbons (Fsp3) is 0.154. The number of halogens is 1. The summed E-state index contributed by atoms with van der Waals surface area (Å²) in [6.45, 7) is 3.17. The van der Waals surface area contributed by atoms with E-state index in [1.54, 1.807) is 19.9 Å². The lowest BCUT2D eigenvalue weighted by Gasteiger charge is -2.08. The molecule has 0 unspecified atom stereocenters. The van der Waals surface area contributed by atoms with Gasteiger partial charge in [0.2, 0.25) is 0 Å². The monoisotopic (exact) mass is 261 g/mol. The molecule has 1 aromatic carbocycles. The smallest absolute Gasteiger partial charge is 0.341 e. The van der Waals surface area contributed by atoms with Crippen LogP contribution in [-0.2, 0) is 0 Å². The molecular formula is C13H12FN3O2. The van der Waals surface area contributed by atoms with Gasteiger partial charge in [0.25, 0.3) is 0 Å². The van der Waals surface area contributed by atoms with E-state index in [1.165, 1.54) is 12.1 Å². The molecule has 0 spiro atoms. The largest absolute Gasteiger partial charge is 0.477 e. The Kier molecular flexibility index (Phi) is 3.16. The van der Waals surface area contributed by atoms with Crippen LogP contribution in [0.25, 0.3) is 11.4 Å². The van der Waals surface area contributed by atoms with E-state index in [0.29, 0.717) is 11.1 Å². The normalized spacial score (nSPS) is 10.5. The molecule has 0 bridgehead atoms. The number of nitrogens with zero attached hydrogens (tertiary/aromatic N) is 2. The van der Waals surface area contributed by atoms with Gasteiger partial charge in [0.1, 0.15) is 17.2 Å². The first-order valence-electron chi connectivity index (χ1n) is 5.54. The van der Waals surface area contributed by atoms with Crippen molar-refractivity contribution in [1.82, 2.24) is 9.97 Å². The number of hydrogen-bond donors (Lipinski definition) is 2. The molecule has 0 fully saturated rings. The first-order valence-corrected chi connectivity index (χ1v) is 5.54. The highest BCUT2D eigenvalue weighted by Crippen LogP contribution is 2.22. The Balaban J connectivity index is 2.58. The summed E-state index contributed by atoms with van der Waals surface area (Å²) in [6, 6.07) is 4.42. The van der Waals surface area contributed by atoms with Gasteiger partial charge in [-0.05, 0) is 37.6 Å². The summed E-state index contributed by atoms with van der Waals surface area (Å²) >= 11 is 0. The number of aryl methyl sites for hydroxylation is 2. The number of carboxylic acid groups (broad SMARTS) is 1. The maximum Gasteiger partial charge on any atom is 0.341 e. The van der Waals surface area contributed by atoms with E-state index >= 15 is 0 Å². The molecule has 0 amide bonds. The third-order valence-electron chi connectivity index (χ3n) is 2.75. The van der Waals surface area contributed by atoms with Crippen LogP contribution in [0.15, 0.2) is 18.2 Å². The van der Waals surface area contributed by atoms with E-state index in [4.69, 9.17) is 10.8 Å². The molecule has 0 saturated heterocycles. The maximum absolute atomic E-state index is 13.2. The molecule has 3 N–H and O–H groups in total. The predicted octanol–water partition coefficient (Wildman–Crippen LogP) is 2.18. The standard InChI is InChI=1S/C13H12FN3O2/c1-6-5-8(3-4-9(6)14)12-16-7(2)10(13(18)19)11(15)17-12/h3-5H,1-2H3,(H,18,19)(H2,15,16,17). The van der Waals surface area contributed by atoms with E-state index in [9.17, 15) is 9.18 Å².